The first-order valence-corrected chi connectivity index (χ1v) is 7.20. The van der Waals surface area contributed by atoms with E-state index >= 15 is 0 Å². The van der Waals surface area contributed by atoms with Crippen molar-refractivity contribution in [1.82, 2.24) is 4.98 Å². The number of aryl methyl sites for hydroxylation is 1. The zero-order valence-corrected chi connectivity index (χ0v) is 11.9. The van der Waals surface area contributed by atoms with Gasteiger partial charge in [0.05, 0.1) is 25.9 Å². The fraction of sp³-hybridized carbons (Fsp3) is 0.438. The molecule has 1 saturated heterocycles. The zero-order chi connectivity index (χ0) is 14.4. The van der Waals surface area contributed by atoms with E-state index in [1.165, 1.54) is 18.4 Å². The predicted molar refractivity (Wildman–Crippen MR) is 76.3 cm³/mol. The number of esters is 1. The lowest BCUT2D eigenvalue weighted by Gasteiger charge is -2.31. The summed E-state index contributed by atoms with van der Waals surface area (Å²) in [5.41, 5.74) is 4.03. The van der Waals surface area contributed by atoms with Crippen LogP contribution < -0.4 is 0 Å². The summed E-state index contributed by atoms with van der Waals surface area (Å²) in [5.74, 6) is -0.783. The van der Waals surface area contributed by atoms with Crippen LogP contribution in [0.25, 0.3) is 10.9 Å². The van der Waals surface area contributed by atoms with E-state index in [-0.39, 0.29) is 5.97 Å². The number of carbonyl (C=O) groups excluding carboxylic acids is 1. The third-order valence-corrected chi connectivity index (χ3v) is 4.43. The first-order chi connectivity index (χ1) is 10.2. The van der Waals surface area contributed by atoms with Crippen molar-refractivity contribution in [3.05, 3.63) is 35.0 Å². The van der Waals surface area contributed by atoms with Gasteiger partial charge < -0.3 is 19.2 Å². The lowest BCUT2D eigenvalue weighted by atomic mass is 9.90. The molecule has 1 N–H and O–H groups in total. The standard InChI is InChI=1S/C16H17NO4/c1-19-15(18)10-2-3-13-11(8-10)12-9-16(20-6-7-21-16)5-4-14(12)17-13/h2-3,8,17H,4-7,9H2,1H3. The molecule has 21 heavy (non-hydrogen) atoms. The number of ether oxygens (including phenoxy) is 3. The van der Waals surface area contributed by atoms with E-state index in [0.29, 0.717) is 18.8 Å². The molecule has 1 aliphatic carbocycles. The largest absolute Gasteiger partial charge is 0.465 e. The molecule has 1 fully saturated rings. The van der Waals surface area contributed by atoms with Crippen LogP contribution in [0.1, 0.15) is 28.0 Å². The number of hydrogen-bond acceptors (Lipinski definition) is 4. The van der Waals surface area contributed by atoms with Crippen molar-refractivity contribution in [2.24, 2.45) is 0 Å². The van der Waals surface area contributed by atoms with Crippen molar-refractivity contribution in [1.29, 1.82) is 0 Å². The highest BCUT2D eigenvalue weighted by molar-refractivity contribution is 5.96. The Hall–Kier alpha value is -1.85. The van der Waals surface area contributed by atoms with Crippen LogP contribution in [0.3, 0.4) is 0 Å². The average molecular weight is 287 g/mol. The Balaban J connectivity index is 1.81. The van der Waals surface area contributed by atoms with Crippen molar-refractivity contribution in [2.75, 3.05) is 20.3 Å². The Morgan fingerprint density at radius 3 is 2.90 bits per heavy atom. The van der Waals surface area contributed by atoms with Crippen molar-refractivity contribution in [3.8, 4) is 0 Å². The Labute approximate surface area is 122 Å². The number of methoxy groups -OCH3 is 1. The van der Waals surface area contributed by atoms with Crippen LogP contribution >= 0.6 is 0 Å². The second kappa shape index (κ2) is 4.58. The molecule has 0 atom stereocenters. The molecule has 4 rings (SSSR count). The molecule has 0 unspecified atom stereocenters. The lowest BCUT2D eigenvalue weighted by molar-refractivity contribution is -0.163. The van der Waals surface area contributed by atoms with Gasteiger partial charge in [0, 0.05) is 29.4 Å². The molecule has 2 aliphatic rings. The van der Waals surface area contributed by atoms with E-state index in [1.54, 1.807) is 6.07 Å². The van der Waals surface area contributed by atoms with E-state index < -0.39 is 5.79 Å². The molecule has 0 saturated carbocycles. The van der Waals surface area contributed by atoms with Crippen LogP contribution in [0.15, 0.2) is 18.2 Å². The molecule has 0 amide bonds. The summed E-state index contributed by atoms with van der Waals surface area (Å²) < 4.78 is 16.5. The number of H-pyrrole nitrogens is 1. The normalized spacial score (nSPS) is 19.9. The van der Waals surface area contributed by atoms with Gasteiger partial charge in [-0.15, -0.1) is 0 Å². The quantitative estimate of drug-likeness (QED) is 0.817. The Bertz CT molecular complexity index is 712. The van der Waals surface area contributed by atoms with Crippen molar-refractivity contribution in [3.63, 3.8) is 0 Å². The number of carbonyl (C=O) groups is 1. The van der Waals surface area contributed by atoms with Crippen LogP contribution in [0.5, 0.6) is 0 Å². The number of benzene rings is 1. The highest BCUT2D eigenvalue weighted by Gasteiger charge is 2.41. The number of fused-ring (bicyclic) bond motifs is 3. The number of nitrogens with one attached hydrogen (secondary N) is 1. The molecular weight excluding hydrogens is 270 g/mol. The van der Waals surface area contributed by atoms with Crippen molar-refractivity contribution in [2.45, 2.75) is 25.0 Å². The summed E-state index contributed by atoms with van der Waals surface area (Å²) in [7, 11) is 1.40. The van der Waals surface area contributed by atoms with E-state index in [2.05, 4.69) is 4.98 Å². The minimum Gasteiger partial charge on any atom is -0.465 e. The maximum atomic E-state index is 11.7. The molecular formula is C16H17NO4. The first-order valence-electron chi connectivity index (χ1n) is 7.20. The maximum absolute atomic E-state index is 11.7. The lowest BCUT2D eigenvalue weighted by Crippen LogP contribution is -2.36. The van der Waals surface area contributed by atoms with Gasteiger partial charge in [-0.1, -0.05) is 0 Å². The van der Waals surface area contributed by atoms with Crippen LogP contribution in [0, 0.1) is 0 Å². The van der Waals surface area contributed by atoms with Gasteiger partial charge in [-0.2, -0.15) is 0 Å². The molecule has 1 spiro atoms. The molecule has 2 aromatic rings. The number of hydrogen-bond donors (Lipinski definition) is 1. The van der Waals surface area contributed by atoms with E-state index in [4.69, 9.17) is 14.2 Å². The molecule has 5 nitrogen and oxygen atoms in total. The summed E-state index contributed by atoms with van der Waals surface area (Å²) in [6.07, 6.45) is 2.50. The highest BCUT2D eigenvalue weighted by Crippen LogP contribution is 2.38. The second-order valence-electron chi connectivity index (χ2n) is 5.62. The fourth-order valence-corrected chi connectivity index (χ4v) is 3.38. The third kappa shape index (κ3) is 1.96. The summed E-state index contributed by atoms with van der Waals surface area (Å²) in [5, 5.41) is 1.06. The number of aromatic amines is 1. The van der Waals surface area contributed by atoms with Crippen molar-refractivity contribution >= 4 is 16.9 Å². The van der Waals surface area contributed by atoms with Gasteiger partial charge in [0.1, 0.15) is 0 Å². The van der Waals surface area contributed by atoms with Gasteiger partial charge in [0.15, 0.2) is 5.79 Å². The minimum atomic E-state index is -0.469. The van der Waals surface area contributed by atoms with Gasteiger partial charge in [0.25, 0.3) is 0 Å². The number of aromatic nitrogens is 1. The topological polar surface area (TPSA) is 60.6 Å². The van der Waals surface area contributed by atoms with Crippen LogP contribution in [0.2, 0.25) is 0 Å². The van der Waals surface area contributed by atoms with E-state index in [0.717, 1.165) is 30.2 Å². The molecule has 110 valence electrons. The number of rotatable bonds is 1. The van der Waals surface area contributed by atoms with Crippen LogP contribution in [0.4, 0.5) is 0 Å². The summed E-state index contributed by atoms with van der Waals surface area (Å²) in [6, 6.07) is 5.61. The van der Waals surface area contributed by atoms with Crippen molar-refractivity contribution < 1.29 is 19.0 Å². The van der Waals surface area contributed by atoms with Crippen LogP contribution in [-0.4, -0.2) is 37.1 Å². The molecule has 5 heteroatoms. The first kappa shape index (κ1) is 12.9. The average Bonchev–Trinajstić information content (AvgIpc) is 3.11. The predicted octanol–water partition coefficient (Wildman–Crippen LogP) is 2.19. The Kier molecular flexibility index (Phi) is 2.80. The van der Waals surface area contributed by atoms with Crippen LogP contribution in [-0.2, 0) is 27.1 Å². The van der Waals surface area contributed by atoms with E-state index in [9.17, 15) is 4.79 Å². The molecule has 1 aromatic heterocycles. The molecule has 0 bridgehead atoms. The Morgan fingerprint density at radius 1 is 1.33 bits per heavy atom. The maximum Gasteiger partial charge on any atom is 0.337 e. The van der Waals surface area contributed by atoms with Gasteiger partial charge in [-0.25, -0.2) is 4.79 Å². The zero-order valence-electron chi connectivity index (χ0n) is 11.9. The smallest absolute Gasteiger partial charge is 0.337 e. The molecule has 1 aromatic carbocycles. The third-order valence-electron chi connectivity index (χ3n) is 4.43. The molecule has 2 heterocycles. The van der Waals surface area contributed by atoms with Gasteiger partial charge in [-0.3, -0.25) is 0 Å². The summed E-state index contributed by atoms with van der Waals surface area (Å²) >= 11 is 0. The fourth-order valence-electron chi connectivity index (χ4n) is 3.38. The summed E-state index contributed by atoms with van der Waals surface area (Å²) in [6.45, 7) is 1.32. The van der Waals surface area contributed by atoms with E-state index in [1.807, 2.05) is 12.1 Å². The summed E-state index contributed by atoms with van der Waals surface area (Å²) in [4.78, 5) is 15.2. The highest BCUT2D eigenvalue weighted by atomic mass is 16.7. The molecule has 0 radical (unpaired) electrons. The monoisotopic (exact) mass is 287 g/mol. The second-order valence-corrected chi connectivity index (χ2v) is 5.62. The van der Waals surface area contributed by atoms with Gasteiger partial charge in [-0.05, 0) is 30.2 Å². The molecule has 1 aliphatic heterocycles. The SMILES string of the molecule is COC(=O)c1ccc2[nH]c3c(c2c1)CC1(CC3)OCCO1. The Morgan fingerprint density at radius 2 is 2.14 bits per heavy atom. The minimum absolute atomic E-state index is 0.314. The van der Waals surface area contributed by atoms with Gasteiger partial charge >= 0.3 is 5.97 Å². The van der Waals surface area contributed by atoms with Gasteiger partial charge in [0.2, 0.25) is 0 Å².